The molecule has 0 amide bonds. The fraction of sp³-hybridized carbons (Fsp3) is 1.00. The predicted octanol–water partition coefficient (Wildman–Crippen LogP) is 3.58. The van der Waals surface area contributed by atoms with Crippen molar-refractivity contribution in [1.29, 1.82) is 0 Å². The van der Waals surface area contributed by atoms with E-state index in [2.05, 4.69) is 27.7 Å². The lowest BCUT2D eigenvalue weighted by Gasteiger charge is -2.41. The molecule has 1 aliphatic carbocycles. The zero-order chi connectivity index (χ0) is 10.8. The molecular weight excluding hydrogens is 170 g/mol. The normalized spacial score (nSPS) is 34.1. The summed E-state index contributed by atoms with van der Waals surface area (Å²) in [6.45, 7) is 9.19. The van der Waals surface area contributed by atoms with Crippen molar-refractivity contribution in [3.8, 4) is 0 Å². The van der Waals surface area contributed by atoms with Gasteiger partial charge in [0.1, 0.15) is 0 Å². The molecule has 0 saturated heterocycles. The van der Waals surface area contributed by atoms with E-state index in [1.807, 2.05) is 0 Å². The van der Waals surface area contributed by atoms with Crippen molar-refractivity contribution in [3.05, 3.63) is 0 Å². The molecule has 0 heterocycles. The first-order valence-corrected chi connectivity index (χ1v) is 6.23. The lowest BCUT2D eigenvalue weighted by molar-refractivity contribution is 0.156. The molecule has 1 heteroatoms. The first kappa shape index (κ1) is 12.0. The van der Waals surface area contributed by atoms with Gasteiger partial charge in [0.2, 0.25) is 0 Å². The Morgan fingerprint density at radius 3 is 2.43 bits per heavy atom. The second kappa shape index (κ2) is 4.65. The smallest absolute Gasteiger partial charge is 0.0180 e. The summed E-state index contributed by atoms with van der Waals surface area (Å²) in [5.74, 6) is 2.35. The van der Waals surface area contributed by atoms with E-state index in [4.69, 9.17) is 5.73 Å². The minimum absolute atomic E-state index is 0.137. The number of rotatable bonds is 3. The van der Waals surface area contributed by atoms with Gasteiger partial charge < -0.3 is 5.73 Å². The van der Waals surface area contributed by atoms with Crippen LogP contribution in [0.5, 0.6) is 0 Å². The van der Waals surface area contributed by atoms with Crippen molar-refractivity contribution in [2.75, 3.05) is 0 Å². The third-order valence-corrected chi connectivity index (χ3v) is 3.88. The maximum atomic E-state index is 6.47. The van der Waals surface area contributed by atoms with Gasteiger partial charge >= 0.3 is 0 Å². The van der Waals surface area contributed by atoms with Gasteiger partial charge in [-0.2, -0.15) is 0 Å². The monoisotopic (exact) mass is 197 g/mol. The third-order valence-electron chi connectivity index (χ3n) is 3.88. The highest BCUT2D eigenvalue weighted by Gasteiger charge is 2.35. The van der Waals surface area contributed by atoms with Crippen LogP contribution >= 0.6 is 0 Å². The molecule has 0 aromatic rings. The van der Waals surface area contributed by atoms with Crippen LogP contribution in [-0.4, -0.2) is 5.54 Å². The summed E-state index contributed by atoms with van der Waals surface area (Å²) >= 11 is 0. The van der Waals surface area contributed by atoms with Crippen LogP contribution in [0.25, 0.3) is 0 Å². The van der Waals surface area contributed by atoms with Gasteiger partial charge in [0, 0.05) is 5.54 Å². The van der Waals surface area contributed by atoms with E-state index in [0.717, 1.165) is 11.8 Å². The highest BCUT2D eigenvalue weighted by Crippen LogP contribution is 2.38. The average molecular weight is 197 g/mol. The molecular formula is C13H27N. The molecule has 84 valence electrons. The van der Waals surface area contributed by atoms with Crippen molar-refractivity contribution in [3.63, 3.8) is 0 Å². The Hall–Kier alpha value is -0.0400. The molecule has 2 unspecified atom stereocenters. The maximum Gasteiger partial charge on any atom is 0.0180 e. The van der Waals surface area contributed by atoms with E-state index in [0.29, 0.717) is 5.92 Å². The van der Waals surface area contributed by atoms with Gasteiger partial charge in [0.05, 0.1) is 0 Å². The Bertz CT molecular complexity index is 174. The van der Waals surface area contributed by atoms with Crippen molar-refractivity contribution >= 4 is 0 Å². The van der Waals surface area contributed by atoms with Gasteiger partial charge in [0.15, 0.2) is 0 Å². The van der Waals surface area contributed by atoms with Crippen molar-refractivity contribution in [1.82, 2.24) is 0 Å². The van der Waals surface area contributed by atoms with Gasteiger partial charge in [-0.3, -0.25) is 0 Å². The lowest BCUT2D eigenvalue weighted by atomic mass is 9.69. The Labute approximate surface area is 89.5 Å². The first-order valence-electron chi connectivity index (χ1n) is 6.23. The van der Waals surface area contributed by atoms with Gasteiger partial charge in [-0.15, -0.1) is 0 Å². The molecule has 0 aromatic carbocycles. The summed E-state index contributed by atoms with van der Waals surface area (Å²) < 4.78 is 0. The number of nitrogens with two attached hydrogens (primary N) is 1. The molecule has 0 bridgehead atoms. The summed E-state index contributed by atoms with van der Waals surface area (Å²) in [5, 5.41) is 0. The van der Waals surface area contributed by atoms with Gasteiger partial charge in [-0.05, 0) is 37.0 Å². The Morgan fingerprint density at radius 2 is 1.93 bits per heavy atom. The second-order valence-corrected chi connectivity index (χ2v) is 5.98. The minimum atomic E-state index is 0.137. The Balaban J connectivity index is 2.51. The summed E-state index contributed by atoms with van der Waals surface area (Å²) in [6, 6.07) is 0. The molecule has 2 atom stereocenters. The van der Waals surface area contributed by atoms with Crippen LogP contribution in [-0.2, 0) is 0 Å². The van der Waals surface area contributed by atoms with Crippen LogP contribution in [0.3, 0.4) is 0 Å². The fourth-order valence-corrected chi connectivity index (χ4v) is 2.85. The molecule has 1 aliphatic rings. The molecule has 0 spiro atoms. The highest BCUT2D eigenvalue weighted by molar-refractivity contribution is 4.93. The zero-order valence-electron chi connectivity index (χ0n) is 10.3. The molecule has 1 rings (SSSR count). The standard InChI is InChI=1S/C13H27N/c1-10(2)8-12-6-5-7-13(14,9-12)11(3)4/h10-12H,5-9,14H2,1-4H3. The fourth-order valence-electron chi connectivity index (χ4n) is 2.85. The van der Waals surface area contributed by atoms with E-state index in [-0.39, 0.29) is 5.54 Å². The molecule has 2 N–H and O–H groups in total. The predicted molar refractivity (Wildman–Crippen MR) is 63.2 cm³/mol. The quantitative estimate of drug-likeness (QED) is 0.735. The summed E-state index contributed by atoms with van der Waals surface area (Å²) in [5.41, 5.74) is 6.60. The summed E-state index contributed by atoms with van der Waals surface area (Å²) in [4.78, 5) is 0. The van der Waals surface area contributed by atoms with Crippen LogP contribution < -0.4 is 5.73 Å². The molecule has 0 radical (unpaired) electrons. The van der Waals surface area contributed by atoms with Crippen molar-refractivity contribution in [2.45, 2.75) is 65.3 Å². The van der Waals surface area contributed by atoms with E-state index in [1.165, 1.54) is 32.1 Å². The van der Waals surface area contributed by atoms with E-state index < -0.39 is 0 Å². The van der Waals surface area contributed by atoms with E-state index in [1.54, 1.807) is 0 Å². The van der Waals surface area contributed by atoms with E-state index >= 15 is 0 Å². The van der Waals surface area contributed by atoms with Gasteiger partial charge in [0.25, 0.3) is 0 Å². The number of hydrogen-bond acceptors (Lipinski definition) is 1. The maximum absolute atomic E-state index is 6.47. The van der Waals surface area contributed by atoms with Crippen LogP contribution in [0.15, 0.2) is 0 Å². The molecule has 1 nitrogen and oxygen atoms in total. The Kier molecular flexibility index (Phi) is 4.00. The second-order valence-electron chi connectivity index (χ2n) is 5.98. The Morgan fingerprint density at radius 1 is 1.29 bits per heavy atom. The van der Waals surface area contributed by atoms with Crippen molar-refractivity contribution < 1.29 is 0 Å². The molecule has 14 heavy (non-hydrogen) atoms. The van der Waals surface area contributed by atoms with Gasteiger partial charge in [-0.25, -0.2) is 0 Å². The van der Waals surface area contributed by atoms with Crippen LogP contribution in [0.4, 0.5) is 0 Å². The topological polar surface area (TPSA) is 26.0 Å². The number of hydrogen-bond donors (Lipinski definition) is 1. The SMILES string of the molecule is CC(C)CC1CCCC(N)(C(C)C)C1. The first-order chi connectivity index (χ1) is 6.44. The molecule has 1 saturated carbocycles. The van der Waals surface area contributed by atoms with Crippen LogP contribution in [0.2, 0.25) is 0 Å². The summed E-state index contributed by atoms with van der Waals surface area (Å²) in [6.07, 6.45) is 6.60. The van der Waals surface area contributed by atoms with Gasteiger partial charge in [-0.1, -0.05) is 40.5 Å². The van der Waals surface area contributed by atoms with Crippen molar-refractivity contribution in [2.24, 2.45) is 23.5 Å². The van der Waals surface area contributed by atoms with E-state index in [9.17, 15) is 0 Å². The minimum Gasteiger partial charge on any atom is -0.325 e. The van der Waals surface area contributed by atoms with Crippen LogP contribution in [0, 0.1) is 17.8 Å². The largest absolute Gasteiger partial charge is 0.325 e. The average Bonchev–Trinajstić information content (AvgIpc) is 2.02. The highest BCUT2D eigenvalue weighted by atomic mass is 14.8. The lowest BCUT2D eigenvalue weighted by Crippen LogP contribution is -2.48. The third kappa shape index (κ3) is 2.98. The molecule has 0 aliphatic heterocycles. The molecule has 0 aromatic heterocycles. The zero-order valence-corrected chi connectivity index (χ0v) is 10.3. The molecule has 1 fully saturated rings. The van der Waals surface area contributed by atoms with Crippen LogP contribution in [0.1, 0.15) is 59.8 Å². The summed E-state index contributed by atoms with van der Waals surface area (Å²) in [7, 11) is 0.